The van der Waals surface area contributed by atoms with E-state index in [0.717, 1.165) is 22.3 Å². The Kier molecular flexibility index (Phi) is 6.07. The van der Waals surface area contributed by atoms with Crippen LogP contribution in [0.1, 0.15) is 23.5 Å². The lowest BCUT2D eigenvalue weighted by atomic mass is 9.98. The highest BCUT2D eigenvalue weighted by Gasteiger charge is 2.29. The molecule has 0 bridgehead atoms. The number of fused-ring (bicyclic) bond motifs is 3. The molecule has 1 aliphatic carbocycles. The summed E-state index contributed by atoms with van der Waals surface area (Å²) in [6.07, 6.45) is 3.67. The first-order valence-corrected chi connectivity index (χ1v) is 9.86. The second-order valence-electron chi connectivity index (χ2n) is 7.04. The highest BCUT2D eigenvalue weighted by molar-refractivity contribution is 5.81. The number of hydrogen-bond donors (Lipinski definition) is 2. The summed E-state index contributed by atoms with van der Waals surface area (Å²) in [4.78, 5) is 31.6. The minimum atomic E-state index is -1.17. The standard InChI is InChI=1S/C23H21N3O5/c27-22(28)20(9-12-30-21-13-24-10-11-25-21)26-23(29)31-14-19-17-7-3-1-5-15(17)16-6-2-4-8-18(16)19/h1-8,10-11,13,19-20H,9,12,14H2,(H,26,29)(H,27,28)/t20-/m0/s1. The van der Waals surface area contributed by atoms with Gasteiger partial charge in [-0.05, 0) is 22.3 Å². The molecule has 0 saturated heterocycles. The molecule has 8 nitrogen and oxygen atoms in total. The van der Waals surface area contributed by atoms with E-state index in [1.54, 1.807) is 0 Å². The number of carboxylic acids is 1. The van der Waals surface area contributed by atoms with E-state index in [1.165, 1.54) is 18.6 Å². The summed E-state index contributed by atoms with van der Waals surface area (Å²) in [5.41, 5.74) is 4.42. The van der Waals surface area contributed by atoms with Crippen LogP contribution in [0.3, 0.4) is 0 Å². The summed E-state index contributed by atoms with van der Waals surface area (Å²) < 4.78 is 10.8. The van der Waals surface area contributed by atoms with Gasteiger partial charge in [-0.25, -0.2) is 14.6 Å². The third kappa shape index (κ3) is 4.63. The van der Waals surface area contributed by atoms with Gasteiger partial charge < -0.3 is 19.9 Å². The summed E-state index contributed by atoms with van der Waals surface area (Å²) in [6, 6.07) is 14.9. The number of alkyl carbamates (subject to hydrolysis) is 1. The quantitative estimate of drug-likeness (QED) is 0.577. The number of nitrogens with one attached hydrogen (secondary N) is 1. The maximum atomic E-state index is 12.3. The first-order valence-electron chi connectivity index (χ1n) is 9.86. The van der Waals surface area contributed by atoms with Gasteiger partial charge in [0.05, 0.1) is 12.8 Å². The Hall–Kier alpha value is -3.94. The van der Waals surface area contributed by atoms with Crippen molar-refractivity contribution in [3.63, 3.8) is 0 Å². The molecule has 0 spiro atoms. The molecule has 0 unspecified atom stereocenters. The lowest BCUT2D eigenvalue weighted by molar-refractivity contribution is -0.139. The van der Waals surface area contributed by atoms with E-state index < -0.39 is 18.1 Å². The molecule has 1 amide bonds. The average molecular weight is 419 g/mol. The van der Waals surface area contributed by atoms with E-state index in [9.17, 15) is 14.7 Å². The van der Waals surface area contributed by atoms with Crippen molar-refractivity contribution < 1.29 is 24.2 Å². The van der Waals surface area contributed by atoms with E-state index in [2.05, 4.69) is 15.3 Å². The molecule has 1 aromatic heterocycles. The molecule has 0 saturated carbocycles. The summed E-state index contributed by atoms with van der Waals surface area (Å²) in [6.45, 7) is 0.168. The molecule has 2 aromatic carbocycles. The first-order chi connectivity index (χ1) is 15.1. The van der Waals surface area contributed by atoms with Crippen molar-refractivity contribution in [2.45, 2.75) is 18.4 Å². The van der Waals surface area contributed by atoms with Crippen LogP contribution in [0.2, 0.25) is 0 Å². The van der Waals surface area contributed by atoms with E-state index in [0.29, 0.717) is 0 Å². The molecule has 158 valence electrons. The van der Waals surface area contributed by atoms with Crippen LogP contribution in [0.5, 0.6) is 5.88 Å². The molecule has 0 fully saturated rings. The zero-order valence-electron chi connectivity index (χ0n) is 16.6. The van der Waals surface area contributed by atoms with Gasteiger partial charge in [-0.2, -0.15) is 0 Å². The van der Waals surface area contributed by atoms with Gasteiger partial charge in [-0.1, -0.05) is 48.5 Å². The minimum absolute atomic E-state index is 0.0517. The number of hydrogen-bond acceptors (Lipinski definition) is 6. The summed E-state index contributed by atoms with van der Waals surface area (Å²) in [7, 11) is 0. The SMILES string of the molecule is O=C(N[C@@H](CCOc1cnccn1)C(=O)O)OCC1c2ccccc2-c2ccccc21. The average Bonchev–Trinajstić information content (AvgIpc) is 3.11. The van der Waals surface area contributed by atoms with E-state index in [-0.39, 0.29) is 31.4 Å². The molecule has 8 heteroatoms. The fourth-order valence-corrected chi connectivity index (χ4v) is 3.68. The molecule has 0 radical (unpaired) electrons. The Bertz CT molecular complexity index is 1030. The number of aromatic nitrogens is 2. The maximum absolute atomic E-state index is 12.3. The minimum Gasteiger partial charge on any atom is -0.480 e. The van der Waals surface area contributed by atoms with Crippen molar-refractivity contribution >= 4 is 12.1 Å². The highest BCUT2D eigenvalue weighted by atomic mass is 16.5. The van der Waals surface area contributed by atoms with Crippen molar-refractivity contribution in [2.75, 3.05) is 13.2 Å². The number of carboxylic acid groups (broad SMARTS) is 1. The molecular weight excluding hydrogens is 398 g/mol. The molecule has 1 atom stereocenters. The summed E-state index contributed by atoms with van der Waals surface area (Å²) in [5, 5.41) is 11.8. The fourth-order valence-electron chi connectivity index (χ4n) is 3.68. The van der Waals surface area contributed by atoms with Gasteiger partial charge >= 0.3 is 12.1 Å². The Morgan fingerprint density at radius 3 is 2.32 bits per heavy atom. The van der Waals surface area contributed by atoms with Crippen LogP contribution in [0.25, 0.3) is 11.1 Å². The number of benzene rings is 2. The Morgan fingerprint density at radius 1 is 1.03 bits per heavy atom. The number of nitrogens with zero attached hydrogens (tertiary/aromatic N) is 2. The molecule has 4 rings (SSSR count). The van der Waals surface area contributed by atoms with Crippen molar-refractivity contribution in [1.29, 1.82) is 0 Å². The molecule has 1 heterocycles. The van der Waals surface area contributed by atoms with E-state index in [1.807, 2.05) is 48.5 Å². The van der Waals surface area contributed by atoms with Gasteiger partial charge in [0.25, 0.3) is 0 Å². The lowest BCUT2D eigenvalue weighted by Gasteiger charge is -2.17. The van der Waals surface area contributed by atoms with Crippen LogP contribution < -0.4 is 10.1 Å². The van der Waals surface area contributed by atoms with Crippen molar-refractivity contribution in [1.82, 2.24) is 15.3 Å². The fraction of sp³-hybridized carbons (Fsp3) is 0.217. The number of amides is 1. The van der Waals surface area contributed by atoms with Crippen molar-refractivity contribution in [3.8, 4) is 17.0 Å². The second kappa shape index (κ2) is 9.25. The van der Waals surface area contributed by atoms with Crippen LogP contribution in [0.15, 0.2) is 67.1 Å². The topological polar surface area (TPSA) is 111 Å². The molecule has 2 N–H and O–H groups in total. The summed E-state index contributed by atoms with van der Waals surface area (Å²) in [5.74, 6) is -0.981. The zero-order chi connectivity index (χ0) is 21.6. The van der Waals surface area contributed by atoms with Crippen LogP contribution in [0, 0.1) is 0 Å². The van der Waals surface area contributed by atoms with E-state index >= 15 is 0 Å². The molecule has 0 aliphatic heterocycles. The lowest BCUT2D eigenvalue weighted by Crippen LogP contribution is -2.42. The van der Waals surface area contributed by atoms with Gasteiger partial charge in [0, 0.05) is 24.7 Å². The zero-order valence-corrected chi connectivity index (χ0v) is 16.6. The third-order valence-corrected chi connectivity index (χ3v) is 5.13. The molecule has 3 aromatic rings. The van der Waals surface area contributed by atoms with E-state index in [4.69, 9.17) is 9.47 Å². The van der Waals surface area contributed by atoms with Crippen LogP contribution in [-0.4, -0.2) is 46.4 Å². The Labute approximate surface area is 178 Å². The maximum Gasteiger partial charge on any atom is 0.407 e. The number of rotatable bonds is 8. The van der Waals surface area contributed by atoms with Crippen LogP contribution >= 0.6 is 0 Å². The predicted molar refractivity (Wildman–Crippen MR) is 112 cm³/mol. The Morgan fingerprint density at radius 2 is 1.71 bits per heavy atom. The predicted octanol–water partition coefficient (Wildman–Crippen LogP) is 3.24. The summed E-state index contributed by atoms with van der Waals surface area (Å²) >= 11 is 0. The molecule has 31 heavy (non-hydrogen) atoms. The highest BCUT2D eigenvalue weighted by Crippen LogP contribution is 2.44. The molecular formula is C23H21N3O5. The van der Waals surface area contributed by atoms with Gasteiger partial charge in [0.2, 0.25) is 5.88 Å². The number of carbonyl (C=O) groups excluding carboxylic acids is 1. The van der Waals surface area contributed by atoms with Gasteiger partial charge in [0.1, 0.15) is 12.6 Å². The van der Waals surface area contributed by atoms with Gasteiger partial charge in [-0.15, -0.1) is 0 Å². The van der Waals surface area contributed by atoms with Crippen LogP contribution in [-0.2, 0) is 9.53 Å². The van der Waals surface area contributed by atoms with Gasteiger partial charge in [-0.3, -0.25) is 4.98 Å². The third-order valence-electron chi connectivity index (χ3n) is 5.13. The first kappa shape index (κ1) is 20.3. The van der Waals surface area contributed by atoms with Gasteiger partial charge in [0.15, 0.2) is 0 Å². The normalized spacial score (nSPS) is 13.0. The second-order valence-corrected chi connectivity index (χ2v) is 7.04. The number of ether oxygens (including phenoxy) is 2. The number of aliphatic carboxylic acids is 1. The van der Waals surface area contributed by atoms with Crippen LogP contribution in [0.4, 0.5) is 4.79 Å². The monoisotopic (exact) mass is 419 g/mol. The molecule has 1 aliphatic rings. The smallest absolute Gasteiger partial charge is 0.407 e. The number of carbonyl (C=O) groups is 2. The van der Waals surface area contributed by atoms with Crippen molar-refractivity contribution in [3.05, 3.63) is 78.2 Å². The Balaban J connectivity index is 1.34. The van der Waals surface area contributed by atoms with Crippen molar-refractivity contribution in [2.24, 2.45) is 0 Å². The largest absolute Gasteiger partial charge is 0.480 e.